The summed E-state index contributed by atoms with van der Waals surface area (Å²) in [5, 5.41) is 5.07. The number of unbranched alkanes of at least 4 members (excludes halogenated alkanes) is 28. The normalized spacial score (nSPS) is 12.2. The summed E-state index contributed by atoms with van der Waals surface area (Å²) in [4.78, 5) is 74.2. The molecule has 21 heteroatoms. The molecule has 0 spiro atoms. The number of anilines is 1. The summed E-state index contributed by atoms with van der Waals surface area (Å²) in [5.74, 6) is -1.35. The number of aromatic nitrogens is 2. The van der Waals surface area contributed by atoms with E-state index < -0.39 is 45.2 Å². The van der Waals surface area contributed by atoms with Gasteiger partial charge in [-0.3, -0.25) is 23.9 Å². The number of hydrogen-bond donors (Lipinski definition) is 2. The number of amides is 2. The van der Waals surface area contributed by atoms with Crippen molar-refractivity contribution in [3.05, 3.63) is 79.0 Å². The quantitative estimate of drug-likeness (QED) is 0.0137. The Morgan fingerprint density at radius 3 is 1.61 bits per heavy atom. The molecule has 0 fully saturated rings. The van der Waals surface area contributed by atoms with Crippen LogP contribution in [-0.2, 0) is 56.4 Å². The molecule has 2 amide bonds. The summed E-state index contributed by atoms with van der Waals surface area (Å²) >= 11 is 0. The van der Waals surface area contributed by atoms with Crippen LogP contribution in [0, 0.1) is 0 Å². The molecule has 4 aromatic rings. The molecule has 4 rings (SSSR count). The predicted octanol–water partition coefficient (Wildman–Crippen LogP) is 12.8. The first-order valence-electron chi connectivity index (χ1n) is 35.5. The van der Waals surface area contributed by atoms with Crippen molar-refractivity contribution in [2.45, 2.75) is 225 Å². The summed E-state index contributed by atoms with van der Waals surface area (Å²) < 4.78 is 55.5. The minimum Gasteiger partial charge on any atom is -0.756 e. The minimum atomic E-state index is -4.93. The molecular formula is C73H115N5NaO14P. The molecule has 94 heavy (non-hydrogen) atoms. The van der Waals surface area contributed by atoms with Gasteiger partial charge in [-0.05, 0) is 48.2 Å². The van der Waals surface area contributed by atoms with Crippen LogP contribution in [0.25, 0.3) is 33.4 Å². The van der Waals surface area contributed by atoms with Crippen LogP contribution in [0.3, 0.4) is 0 Å². The number of hydrogen-bond acceptors (Lipinski definition) is 17. The molecule has 0 radical (unpaired) electrons. The molecule has 2 atom stereocenters. The van der Waals surface area contributed by atoms with Gasteiger partial charge in [0.1, 0.15) is 19.8 Å². The predicted molar refractivity (Wildman–Crippen MR) is 368 cm³/mol. The fourth-order valence-corrected chi connectivity index (χ4v) is 11.4. The Labute approximate surface area is 585 Å². The molecule has 2 N–H and O–H groups in total. The van der Waals surface area contributed by atoms with E-state index in [2.05, 4.69) is 76.8 Å². The van der Waals surface area contributed by atoms with Gasteiger partial charge in [0.2, 0.25) is 5.91 Å². The maximum absolute atomic E-state index is 12.9. The van der Waals surface area contributed by atoms with E-state index in [1.54, 1.807) is 6.20 Å². The van der Waals surface area contributed by atoms with Gasteiger partial charge in [-0.15, -0.1) is 0 Å². The van der Waals surface area contributed by atoms with Crippen LogP contribution in [0.1, 0.15) is 219 Å². The number of alkyl carbamates (subject to hydrolysis) is 1. The average molecular weight is 1340 g/mol. The van der Waals surface area contributed by atoms with Crippen molar-refractivity contribution in [1.29, 1.82) is 0 Å². The smallest absolute Gasteiger partial charge is 0.756 e. The standard InChI is InChI=1S/C73H116N5O14P.Na/c1-4-6-8-10-12-14-16-18-20-22-24-26-28-30-32-41-71(80)89-59-66(92-72(81)42-33-31-29-27-25-23-21-19-17-15-13-11-9-7-5-2)60-91-93(83,84)90-51-48-75-73(82)88-56-55-87-61-70(79)74-47-50-85-53-54-86-52-49-78(3)65-38-36-37-64(57-65)62-43-45-63(46-44-62)69-58-76-67-39-34-35-40-68(67)77-69;/h34-40,43-46,57-58,66H,4-33,41-42,47-56,59-61H2,1-3H3,(H,74,79)(H,75,82)(H,83,84);/q;+1/p-1. The first-order valence-corrected chi connectivity index (χ1v) is 36.9. The second kappa shape index (κ2) is 55.5. The van der Waals surface area contributed by atoms with Crippen LogP contribution in [-0.4, -0.2) is 133 Å². The third kappa shape index (κ3) is 42.2. The number of para-hydroxylation sites is 2. The minimum absolute atomic E-state index is 0. The van der Waals surface area contributed by atoms with Crippen LogP contribution in [0.4, 0.5) is 10.5 Å². The summed E-state index contributed by atoms with van der Waals surface area (Å²) in [5.41, 5.74) is 6.84. The number of phosphoric ester groups is 1. The Hall–Kier alpha value is -4.53. The van der Waals surface area contributed by atoms with E-state index in [0.29, 0.717) is 39.2 Å². The Bertz CT molecular complexity index is 2640. The van der Waals surface area contributed by atoms with Crippen LogP contribution in [0.15, 0.2) is 79.0 Å². The maximum Gasteiger partial charge on any atom is 1.00 e. The number of nitrogens with zero attached hydrogens (tertiary/aromatic N) is 3. The van der Waals surface area contributed by atoms with Gasteiger partial charge in [0.25, 0.3) is 7.82 Å². The number of phosphoric acid groups is 1. The van der Waals surface area contributed by atoms with Crippen LogP contribution in [0.2, 0.25) is 0 Å². The molecule has 19 nitrogen and oxygen atoms in total. The number of benzene rings is 3. The van der Waals surface area contributed by atoms with Crippen molar-refractivity contribution in [3.8, 4) is 22.4 Å². The molecular weight excluding hydrogens is 1220 g/mol. The number of esters is 2. The van der Waals surface area contributed by atoms with Crippen molar-refractivity contribution in [2.24, 2.45) is 0 Å². The molecule has 1 aromatic heterocycles. The number of carbonyl (C=O) groups excluding carboxylic acids is 4. The number of fused-ring (bicyclic) bond motifs is 1. The summed E-state index contributed by atoms with van der Waals surface area (Å²) in [6, 6.07) is 24.5. The Balaban J connectivity index is 0.0000230. The zero-order valence-corrected chi connectivity index (χ0v) is 60.8. The summed E-state index contributed by atoms with van der Waals surface area (Å²) in [6.45, 7) is 4.81. The van der Waals surface area contributed by atoms with Gasteiger partial charge >= 0.3 is 47.6 Å². The first kappa shape index (κ1) is 83.7. The van der Waals surface area contributed by atoms with E-state index in [4.69, 9.17) is 42.5 Å². The monoisotopic (exact) mass is 1340 g/mol. The molecule has 0 bridgehead atoms. The van der Waals surface area contributed by atoms with Gasteiger partial charge in [-0.2, -0.15) is 0 Å². The molecule has 522 valence electrons. The van der Waals surface area contributed by atoms with Crippen molar-refractivity contribution in [3.63, 3.8) is 0 Å². The Kier molecular flexibility index (Phi) is 49.4. The number of ether oxygens (including phenoxy) is 6. The van der Waals surface area contributed by atoms with Crippen molar-refractivity contribution >= 4 is 48.5 Å². The van der Waals surface area contributed by atoms with Gasteiger partial charge in [0.15, 0.2) is 6.10 Å². The van der Waals surface area contributed by atoms with E-state index >= 15 is 0 Å². The Morgan fingerprint density at radius 1 is 0.511 bits per heavy atom. The molecule has 0 saturated carbocycles. The average Bonchev–Trinajstić information content (AvgIpc) is 0.835. The topological polar surface area (TPSA) is 235 Å². The van der Waals surface area contributed by atoms with Crippen molar-refractivity contribution < 1.29 is 95.7 Å². The third-order valence-corrected chi connectivity index (χ3v) is 17.2. The van der Waals surface area contributed by atoms with Crippen LogP contribution in [0.5, 0.6) is 0 Å². The number of rotatable bonds is 59. The zero-order valence-electron chi connectivity index (χ0n) is 57.9. The number of likely N-dealkylation sites (N-methyl/N-ethyl adjacent to an activating group) is 1. The van der Waals surface area contributed by atoms with Crippen molar-refractivity contribution in [2.75, 3.05) is 97.7 Å². The molecule has 0 aliphatic heterocycles. The SMILES string of the molecule is CCCCCCCCCCCCCCCCCC(=O)OCC(COP(=O)([O-])OCCNC(=O)OCCOCC(=O)NCCOCCOCCN(C)c1cccc(-c2ccc(-c3cnc4ccccc4n3)cc2)c1)OC(=O)CCCCCCCCCCCCCCCCC.[Na+]. The molecule has 1 heterocycles. The molecule has 0 aliphatic rings. The van der Waals surface area contributed by atoms with E-state index in [9.17, 15) is 28.6 Å². The molecule has 2 unspecified atom stereocenters. The fourth-order valence-electron chi connectivity index (χ4n) is 10.7. The Morgan fingerprint density at radius 2 is 1.02 bits per heavy atom. The van der Waals surface area contributed by atoms with Crippen molar-refractivity contribution in [1.82, 2.24) is 20.6 Å². The largest absolute Gasteiger partial charge is 1.00 e. The van der Waals surface area contributed by atoms with E-state index in [1.807, 2.05) is 37.4 Å². The summed E-state index contributed by atoms with van der Waals surface area (Å²) in [7, 11) is -2.91. The third-order valence-electron chi connectivity index (χ3n) is 16.2. The van der Waals surface area contributed by atoms with E-state index in [1.165, 1.54) is 141 Å². The van der Waals surface area contributed by atoms with Gasteiger partial charge in [0.05, 0.1) is 69.2 Å². The van der Waals surface area contributed by atoms with E-state index in [0.717, 1.165) is 77.6 Å². The molecule has 0 saturated heterocycles. The second-order valence-electron chi connectivity index (χ2n) is 24.3. The van der Waals surface area contributed by atoms with Gasteiger partial charge in [-0.1, -0.05) is 242 Å². The number of carbonyl (C=O) groups is 4. The first-order chi connectivity index (χ1) is 45.5. The second-order valence-corrected chi connectivity index (χ2v) is 25.7. The van der Waals surface area contributed by atoms with Crippen LogP contribution < -0.4 is 50.0 Å². The zero-order chi connectivity index (χ0) is 66.5. The molecule has 0 aliphatic carbocycles. The van der Waals surface area contributed by atoms with Gasteiger partial charge in [-0.25, -0.2) is 9.78 Å². The maximum atomic E-state index is 12.9. The molecule has 3 aromatic carbocycles. The van der Waals surface area contributed by atoms with Gasteiger partial charge in [0, 0.05) is 50.8 Å². The number of nitrogens with one attached hydrogen (secondary N) is 2. The summed E-state index contributed by atoms with van der Waals surface area (Å²) in [6.07, 6.45) is 36.3. The fraction of sp³-hybridized carbons (Fsp3) is 0.671. The van der Waals surface area contributed by atoms with Crippen LogP contribution >= 0.6 is 7.82 Å². The van der Waals surface area contributed by atoms with Gasteiger partial charge < -0.3 is 57.9 Å². The van der Waals surface area contributed by atoms with E-state index in [-0.39, 0.29) is 94.4 Å².